The van der Waals surface area contributed by atoms with Gasteiger partial charge in [-0.05, 0) is 67.3 Å². The van der Waals surface area contributed by atoms with Gasteiger partial charge in [0.1, 0.15) is 0 Å². The number of para-hydroxylation sites is 1. The molecule has 1 N–H and O–H groups in total. The Morgan fingerprint density at radius 1 is 1.15 bits per heavy atom. The maximum Gasteiger partial charge on any atom is 0.0714 e. The second kappa shape index (κ2) is 12.5. The molecule has 3 rings (SSSR count). The lowest BCUT2D eigenvalue weighted by atomic mass is 9.83. The number of allylic oxidation sites excluding steroid dienone is 4. The van der Waals surface area contributed by atoms with Gasteiger partial charge < -0.3 is 14.8 Å². The zero-order chi connectivity index (χ0) is 24.4. The number of rotatable bonds is 12. The number of nitrogens with zero attached hydrogens (tertiary/aromatic N) is 2. The maximum atomic E-state index is 10.7. The second-order valence-electron chi connectivity index (χ2n) is 8.41. The summed E-state index contributed by atoms with van der Waals surface area (Å²) in [5, 5.41) is 22.9. The van der Waals surface area contributed by atoms with E-state index in [1.807, 2.05) is 60.7 Å². The predicted molar refractivity (Wildman–Crippen MR) is 133 cm³/mol. The Labute approximate surface area is 204 Å². The molecule has 1 aliphatic heterocycles. The van der Waals surface area contributed by atoms with E-state index in [4.69, 9.17) is 5.26 Å². The zero-order valence-corrected chi connectivity index (χ0v) is 20.2. The minimum Gasteiger partial charge on any atom is -0.550 e. The van der Waals surface area contributed by atoms with Crippen LogP contribution < -0.4 is 10.0 Å². The first-order valence-electron chi connectivity index (χ1n) is 11.2. The Bertz CT molecular complexity index is 1050. The van der Waals surface area contributed by atoms with E-state index in [9.17, 15) is 9.90 Å². The van der Waals surface area contributed by atoms with Crippen LogP contribution in [0.4, 0.5) is 11.4 Å². The predicted octanol–water partition coefficient (Wildman–Crippen LogP) is 5.37. The summed E-state index contributed by atoms with van der Waals surface area (Å²) >= 11 is 0.936. The van der Waals surface area contributed by atoms with Crippen molar-refractivity contribution in [2.75, 3.05) is 11.4 Å². The van der Waals surface area contributed by atoms with Crippen LogP contribution in [0.3, 0.4) is 0 Å². The van der Waals surface area contributed by atoms with E-state index in [-0.39, 0.29) is 11.8 Å². The SMILES string of the molecule is CC1(C)/C(=C/C=C/C=Nc2ccccc2)N(CCCCCC(=O)[O-])c2ccc(SOOO)cc21. The van der Waals surface area contributed by atoms with Gasteiger partial charge in [-0.25, -0.2) is 5.26 Å². The van der Waals surface area contributed by atoms with E-state index >= 15 is 0 Å². The molecule has 1 aliphatic rings. The third-order valence-electron chi connectivity index (χ3n) is 5.72. The smallest absolute Gasteiger partial charge is 0.0714 e. The van der Waals surface area contributed by atoms with E-state index in [1.54, 1.807) is 6.21 Å². The first-order valence-corrected chi connectivity index (χ1v) is 11.9. The lowest BCUT2D eigenvalue weighted by Gasteiger charge is -2.27. The van der Waals surface area contributed by atoms with E-state index in [0.29, 0.717) is 6.42 Å². The fraction of sp³-hybridized carbons (Fsp3) is 0.308. The monoisotopic (exact) mass is 481 g/mol. The van der Waals surface area contributed by atoms with Crippen LogP contribution in [0.1, 0.15) is 45.1 Å². The number of carboxylic acid groups (broad SMARTS) is 1. The number of carbonyl (C=O) groups excluding carboxylic acids is 1. The maximum absolute atomic E-state index is 10.7. The zero-order valence-electron chi connectivity index (χ0n) is 19.3. The topological polar surface area (TPSA) is 94.4 Å². The summed E-state index contributed by atoms with van der Waals surface area (Å²) < 4.78 is 4.61. The number of hydrogen-bond donors (Lipinski definition) is 1. The van der Waals surface area contributed by atoms with Crippen LogP contribution in [0.15, 0.2) is 82.3 Å². The Morgan fingerprint density at radius 3 is 2.68 bits per heavy atom. The molecule has 180 valence electrons. The van der Waals surface area contributed by atoms with Crippen molar-refractivity contribution in [3.8, 4) is 0 Å². The van der Waals surface area contributed by atoms with Crippen molar-refractivity contribution in [2.24, 2.45) is 4.99 Å². The molecule has 0 unspecified atom stereocenters. The van der Waals surface area contributed by atoms with E-state index in [2.05, 4.69) is 39.2 Å². The van der Waals surface area contributed by atoms with Crippen LogP contribution in [-0.2, 0) is 19.6 Å². The van der Waals surface area contributed by atoms with Gasteiger partial charge in [-0.3, -0.25) is 4.99 Å². The molecule has 0 fully saturated rings. The Hall–Kier alpha value is -2.91. The highest BCUT2D eigenvalue weighted by atomic mass is 32.2. The first kappa shape index (κ1) is 25.7. The van der Waals surface area contributed by atoms with Gasteiger partial charge in [0.05, 0.1) is 17.7 Å². The number of carboxylic acids is 1. The number of unbranched alkanes of at least 4 members (excludes halogenated alkanes) is 2. The summed E-state index contributed by atoms with van der Waals surface area (Å²) in [5.41, 5.74) is 3.97. The van der Waals surface area contributed by atoms with E-state index in [1.165, 1.54) is 0 Å². The van der Waals surface area contributed by atoms with Crippen molar-refractivity contribution in [2.45, 2.75) is 49.8 Å². The number of fused-ring (bicyclic) bond motifs is 1. The summed E-state index contributed by atoms with van der Waals surface area (Å²) in [7, 11) is 0. The number of hydrogen-bond acceptors (Lipinski definition) is 8. The molecule has 2 aromatic rings. The third kappa shape index (κ3) is 6.80. The normalized spacial score (nSPS) is 16.1. The number of anilines is 1. The highest BCUT2D eigenvalue weighted by molar-refractivity contribution is 7.94. The molecular weight excluding hydrogens is 452 g/mol. The van der Waals surface area contributed by atoms with E-state index < -0.39 is 5.97 Å². The summed E-state index contributed by atoms with van der Waals surface area (Å²) in [5.74, 6) is -1.00. The molecule has 0 saturated carbocycles. The van der Waals surface area contributed by atoms with Gasteiger partial charge in [-0.2, -0.15) is 0 Å². The van der Waals surface area contributed by atoms with Gasteiger partial charge in [-0.15, -0.1) is 4.33 Å². The standard InChI is InChI=1S/C26H30N2O5S/c1-26(2)22-19-21(34-33-32-31)15-16-23(22)28(18-10-4-7-14-25(29)30)24(26)13-8-9-17-27-20-11-5-3-6-12-20/h3,5-6,8-9,11-13,15-17,19,31H,4,7,10,14,18H2,1-2H3,(H,29,30)/p-1/b9-8+,24-13-,27-17?. The number of carbonyl (C=O) groups is 1. The molecule has 0 aromatic heterocycles. The molecule has 0 aliphatic carbocycles. The summed E-state index contributed by atoms with van der Waals surface area (Å²) in [6.45, 7) is 5.10. The van der Waals surface area contributed by atoms with Gasteiger partial charge in [0, 0.05) is 40.4 Å². The largest absolute Gasteiger partial charge is 0.550 e. The van der Waals surface area contributed by atoms with Crippen LogP contribution in [0.2, 0.25) is 0 Å². The third-order valence-corrected chi connectivity index (χ3v) is 6.29. The van der Waals surface area contributed by atoms with Gasteiger partial charge >= 0.3 is 0 Å². The van der Waals surface area contributed by atoms with Crippen LogP contribution in [0.25, 0.3) is 0 Å². The Balaban J connectivity index is 1.81. The van der Waals surface area contributed by atoms with Crippen molar-refractivity contribution in [3.05, 3.63) is 78.0 Å². The van der Waals surface area contributed by atoms with Crippen LogP contribution in [0, 0.1) is 0 Å². The molecule has 0 bridgehead atoms. The lowest BCUT2D eigenvalue weighted by Crippen LogP contribution is -2.27. The van der Waals surface area contributed by atoms with Crippen molar-refractivity contribution in [3.63, 3.8) is 0 Å². The van der Waals surface area contributed by atoms with Gasteiger partial charge in [-0.1, -0.05) is 49.6 Å². The molecule has 0 radical (unpaired) electrons. The summed E-state index contributed by atoms with van der Waals surface area (Å²) in [6.07, 6.45) is 10.1. The fourth-order valence-electron chi connectivity index (χ4n) is 4.06. The number of benzene rings is 2. The van der Waals surface area contributed by atoms with E-state index in [0.717, 1.165) is 59.0 Å². The van der Waals surface area contributed by atoms with Crippen molar-refractivity contribution >= 4 is 35.6 Å². The molecule has 0 saturated heterocycles. The molecule has 0 amide bonds. The molecule has 34 heavy (non-hydrogen) atoms. The first-order chi connectivity index (χ1) is 16.4. The molecule has 7 nitrogen and oxygen atoms in total. The average molecular weight is 482 g/mol. The highest BCUT2D eigenvalue weighted by Crippen LogP contribution is 2.49. The van der Waals surface area contributed by atoms with Crippen LogP contribution in [-0.4, -0.2) is 24.0 Å². The average Bonchev–Trinajstić information content (AvgIpc) is 3.03. The van der Waals surface area contributed by atoms with Gasteiger partial charge in [0.15, 0.2) is 0 Å². The number of aliphatic carboxylic acids is 1. The van der Waals surface area contributed by atoms with Crippen LogP contribution >= 0.6 is 12.0 Å². The molecule has 8 heteroatoms. The minimum atomic E-state index is -1.00. The van der Waals surface area contributed by atoms with Crippen LogP contribution in [0.5, 0.6) is 0 Å². The molecule has 1 heterocycles. The quantitative estimate of drug-likeness (QED) is 0.143. The highest BCUT2D eigenvalue weighted by Gasteiger charge is 2.39. The van der Waals surface area contributed by atoms with Gasteiger partial charge in [0.25, 0.3) is 0 Å². The Kier molecular flexibility index (Phi) is 9.47. The van der Waals surface area contributed by atoms with Crippen molar-refractivity contribution in [1.29, 1.82) is 0 Å². The second-order valence-corrected chi connectivity index (χ2v) is 9.19. The Morgan fingerprint density at radius 2 is 1.94 bits per heavy atom. The van der Waals surface area contributed by atoms with Crippen molar-refractivity contribution in [1.82, 2.24) is 0 Å². The molecule has 0 atom stereocenters. The fourth-order valence-corrected chi connectivity index (χ4v) is 4.46. The molecule has 0 spiro atoms. The van der Waals surface area contributed by atoms with Crippen molar-refractivity contribution < 1.29 is 24.5 Å². The molecular formula is C26H29N2O5S-. The van der Waals surface area contributed by atoms with Gasteiger partial charge in [0.2, 0.25) is 0 Å². The number of aliphatic imine (C=N–C) groups is 1. The summed E-state index contributed by atoms with van der Waals surface area (Å²) in [6, 6.07) is 15.7. The summed E-state index contributed by atoms with van der Waals surface area (Å²) in [4.78, 5) is 18.2. The molecule has 2 aromatic carbocycles. The lowest BCUT2D eigenvalue weighted by molar-refractivity contribution is -0.432. The minimum absolute atomic E-state index is 0.0851.